The number of aryl methyl sites for hydroxylation is 2. The van der Waals surface area contributed by atoms with E-state index in [0.29, 0.717) is 9.09 Å². The van der Waals surface area contributed by atoms with Gasteiger partial charge in [-0.2, -0.15) is 11.3 Å². The molecular formula is C21H25N2O5S2-. The Morgan fingerprint density at radius 1 is 1.20 bits per heavy atom. The molecule has 162 valence electrons. The predicted octanol–water partition coefficient (Wildman–Crippen LogP) is 3.51. The second-order valence-electron chi connectivity index (χ2n) is 7.48. The summed E-state index contributed by atoms with van der Waals surface area (Å²) in [5.74, 6) is 0. The molecule has 0 bridgehead atoms. The van der Waals surface area contributed by atoms with Crippen molar-refractivity contribution in [3.63, 3.8) is 0 Å². The van der Waals surface area contributed by atoms with Gasteiger partial charge in [-0.1, -0.05) is 12.1 Å². The fourth-order valence-electron chi connectivity index (χ4n) is 4.17. The minimum Gasteiger partial charge on any atom is -0.439 e. The first-order chi connectivity index (χ1) is 14.6. The average molecular weight is 450 g/mol. The van der Waals surface area contributed by atoms with E-state index in [1.54, 1.807) is 12.1 Å². The third-order valence-electron chi connectivity index (χ3n) is 5.48. The molecule has 0 saturated carbocycles. The van der Waals surface area contributed by atoms with E-state index < -0.39 is 22.7 Å². The number of thiophene rings is 1. The zero-order valence-electron chi connectivity index (χ0n) is 16.6. The number of fused-ring (bicyclic) bond motifs is 2. The number of carbonyl (C=O) groups excluding carboxylic acids is 1. The Bertz CT molecular complexity index is 994. The van der Waals surface area contributed by atoms with E-state index in [4.69, 9.17) is 9.84 Å². The van der Waals surface area contributed by atoms with Gasteiger partial charge >= 0.3 is 6.03 Å². The highest BCUT2D eigenvalue weighted by Crippen LogP contribution is 2.38. The Morgan fingerprint density at radius 2 is 1.90 bits per heavy atom. The molecule has 3 N–H and O–H groups in total. The summed E-state index contributed by atoms with van der Waals surface area (Å²) in [6.45, 7) is 0.0624. The average Bonchev–Trinajstić information content (AvgIpc) is 3.47. The van der Waals surface area contributed by atoms with Crippen LogP contribution in [0.5, 0.6) is 0 Å². The maximum absolute atomic E-state index is 12.6. The Kier molecular flexibility index (Phi) is 6.84. The summed E-state index contributed by atoms with van der Waals surface area (Å²) in [6.07, 6.45) is 5.28. The lowest BCUT2D eigenvalue weighted by molar-refractivity contribution is 0.0221. The van der Waals surface area contributed by atoms with Crippen molar-refractivity contribution in [2.45, 2.75) is 48.8 Å². The van der Waals surface area contributed by atoms with E-state index in [1.807, 2.05) is 0 Å². The molecule has 0 unspecified atom stereocenters. The Hall–Kier alpha value is -1.78. The van der Waals surface area contributed by atoms with Gasteiger partial charge in [-0.15, -0.1) is 10.6 Å². The number of hydrogen-bond acceptors (Lipinski definition) is 7. The molecule has 30 heavy (non-hydrogen) atoms. The lowest BCUT2D eigenvalue weighted by Gasteiger charge is -2.15. The van der Waals surface area contributed by atoms with Crippen molar-refractivity contribution in [3.05, 3.63) is 45.3 Å². The van der Waals surface area contributed by atoms with Gasteiger partial charge in [-0.25, -0.2) is 4.79 Å². The molecule has 2 aliphatic carbocycles. The van der Waals surface area contributed by atoms with Crippen LogP contribution in [-0.4, -0.2) is 36.1 Å². The van der Waals surface area contributed by atoms with Crippen LogP contribution in [-0.2, 0) is 45.2 Å². The monoisotopic (exact) mass is 449 g/mol. The van der Waals surface area contributed by atoms with Gasteiger partial charge < -0.3 is 28.8 Å². The molecule has 2 amide bonds. The van der Waals surface area contributed by atoms with Crippen molar-refractivity contribution in [2.24, 2.45) is 4.36 Å². The third kappa shape index (κ3) is 4.60. The van der Waals surface area contributed by atoms with Gasteiger partial charge in [-0.05, 0) is 71.1 Å². The number of amides is 2. The summed E-state index contributed by atoms with van der Waals surface area (Å²) in [5, 5.41) is 21.7. The summed E-state index contributed by atoms with van der Waals surface area (Å²) in [6, 6.07) is 4.93. The molecule has 0 aliphatic heterocycles. The Morgan fingerprint density at radius 3 is 2.57 bits per heavy atom. The zero-order valence-corrected chi connectivity index (χ0v) is 18.2. The summed E-state index contributed by atoms with van der Waals surface area (Å²) < 4.78 is 21.9. The second-order valence-corrected chi connectivity index (χ2v) is 9.97. The van der Waals surface area contributed by atoms with Gasteiger partial charge in [0, 0.05) is 10.6 Å². The maximum atomic E-state index is 12.6. The number of aliphatic hydroxyl groups excluding tert-OH is 2. The van der Waals surface area contributed by atoms with E-state index in [9.17, 15) is 14.1 Å². The summed E-state index contributed by atoms with van der Waals surface area (Å²) in [7, 11) is -1.85. The van der Waals surface area contributed by atoms with Crippen LogP contribution in [0.25, 0.3) is 0 Å². The molecular weight excluding hydrogens is 424 g/mol. The lowest BCUT2D eigenvalue weighted by atomic mass is 9.99. The van der Waals surface area contributed by atoms with Crippen molar-refractivity contribution < 1.29 is 24.0 Å². The summed E-state index contributed by atoms with van der Waals surface area (Å²) in [4.78, 5) is 13.1. The number of carbonyl (C=O) groups is 1. The number of urea groups is 1. The number of aliphatic hydroxyl groups is 2. The van der Waals surface area contributed by atoms with Gasteiger partial charge in [0.1, 0.15) is 6.10 Å². The number of anilines is 1. The van der Waals surface area contributed by atoms with Gasteiger partial charge in [0.2, 0.25) is 0 Å². The van der Waals surface area contributed by atoms with Crippen molar-refractivity contribution in [2.75, 3.05) is 25.1 Å². The maximum Gasteiger partial charge on any atom is 0.322 e. The zero-order chi connectivity index (χ0) is 21.1. The fraction of sp³-hybridized carbons (Fsp3) is 0.476. The smallest absolute Gasteiger partial charge is 0.322 e. The minimum absolute atomic E-state index is 0.0367. The highest BCUT2D eigenvalue weighted by Gasteiger charge is 2.24. The molecule has 1 atom stereocenters. The van der Waals surface area contributed by atoms with Crippen LogP contribution in [0, 0.1) is 0 Å². The van der Waals surface area contributed by atoms with E-state index >= 15 is 0 Å². The van der Waals surface area contributed by atoms with Crippen LogP contribution < -0.4 is 5.32 Å². The van der Waals surface area contributed by atoms with Crippen LogP contribution in [0.15, 0.2) is 26.8 Å². The Balaban J connectivity index is 1.48. The summed E-state index contributed by atoms with van der Waals surface area (Å²) >= 11 is 1.13. The Labute approximate surface area is 181 Å². The summed E-state index contributed by atoms with van der Waals surface area (Å²) in [5.41, 5.74) is 5.91. The number of nitrogens with one attached hydrogen (secondary N) is 1. The first-order valence-electron chi connectivity index (χ1n) is 10.1. The van der Waals surface area contributed by atoms with Crippen molar-refractivity contribution in [3.8, 4) is 0 Å². The largest absolute Gasteiger partial charge is 0.439 e. The van der Waals surface area contributed by atoms with Crippen molar-refractivity contribution in [1.82, 2.24) is 0 Å². The number of ether oxygens (including phenoxy) is 1. The molecule has 1 aromatic heterocycles. The molecule has 2 aromatic rings. The highest BCUT2D eigenvalue weighted by molar-refractivity contribution is 7.78. The fourth-order valence-corrected chi connectivity index (χ4v) is 6.03. The molecule has 7 nitrogen and oxygen atoms in total. The van der Waals surface area contributed by atoms with E-state index in [1.165, 1.54) is 22.3 Å². The van der Waals surface area contributed by atoms with E-state index in [-0.39, 0.29) is 19.8 Å². The SMILES string of the molecule is O=C(N=[S-](=O)c1ccc([C@@H](O)COCCO)s1)Nc1c2c(cc3c1CCC3)CCC2. The normalized spacial score (nSPS) is 17.0. The number of benzene rings is 1. The molecule has 1 heterocycles. The van der Waals surface area contributed by atoms with Crippen molar-refractivity contribution in [1.29, 1.82) is 0 Å². The van der Waals surface area contributed by atoms with Crippen LogP contribution in [0.4, 0.5) is 10.5 Å². The molecule has 0 fully saturated rings. The minimum atomic E-state index is -1.85. The van der Waals surface area contributed by atoms with Crippen LogP contribution in [0.1, 0.15) is 46.1 Å². The molecule has 9 heteroatoms. The number of hydrogen-bond donors (Lipinski definition) is 3. The van der Waals surface area contributed by atoms with Crippen LogP contribution in [0.3, 0.4) is 0 Å². The molecule has 0 radical (unpaired) electrons. The first-order valence-corrected chi connectivity index (χ1v) is 12.1. The number of nitrogens with zero attached hydrogens (tertiary/aromatic N) is 1. The predicted molar refractivity (Wildman–Crippen MR) is 115 cm³/mol. The van der Waals surface area contributed by atoms with E-state index in [0.717, 1.165) is 55.5 Å². The lowest BCUT2D eigenvalue weighted by Crippen LogP contribution is -2.11. The van der Waals surface area contributed by atoms with Gasteiger partial charge in [0.05, 0.1) is 19.8 Å². The highest BCUT2D eigenvalue weighted by atomic mass is 32.2. The van der Waals surface area contributed by atoms with Gasteiger partial charge in [0.15, 0.2) is 0 Å². The number of rotatable bonds is 7. The molecule has 4 rings (SSSR count). The molecule has 1 aromatic carbocycles. The quantitative estimate of drug-likeness (QED) is 0.443. The van der Waals surface area contributed by atoms with Crippen molar-refractivity contribution >= 4 is 33.7 Å². The standard InChI is InChI=1S/C21H25N2O5S2/c24-9-10-28-12-17(25)18-7-8-19(29-18)30(27)23-21(26)22-20-15-5-1-3-13(15)11-14-4-2-6-16(14)20/h7-8,11,17,24-25H,1-6,9-10,12H2,(H,22,26)/q-1/t17-/m0/s1. The van der Waals surface area contributed by atoms with Crippen LogP contribution >= 0.6 is 11.3 Å². The van der Waals surface area contributed by atoms with E-state index in [2.05, 4.69) is 15.7 Å². The molecule has 2 aliphatic rings. The van der Waals surface area contributed by atoms with Gasteiger partial charge in [-0.3, -0.25) is 0 Å². The van der Waals surface area contributed by atoms with Gasteiger partial charge in [0.25, 0.3) is 0 Å². The topological polar surface area (TPSA) is 108 Å². The van der Waals surface area contributed by atoms with Crippen LogP contribution in [0.2, 0.25) is 0 Å². The molecule has 0 saturated heterocycles. The second kappa shape index (κ2) is 9.57. The first kappa shape index (κ1) is 21.5. The third-order valence-corrected chi connectivity index (χ3v) is 7.96. The molecule has 0 spiro atoms.